The summed E-state index contributed by atoms with van der Waals surface area (Å²) < 4.78 is 1.86. The van der Waals surface area contributed by atoms with Gasteiger partial charge in [-0.15, -0.1) is 0 Å². The average molecular weight is 315 g/mol. The van der Waals surface area contributed by atoms with Crippen LogP contribution >= 0.6 is 0 Å². The first kappa shape index (κ1) is 15.8. The number of carbonyl (C=O) groups excluding carboxylic acids is 1. The number of aromatic amines is 1. The first-order valence-electron chi connectivity index (χ1n) is 8.34. The number of carbonyl (C=O) groups is 1. The van der Waals surface area contributed by atoms with Gasteiger partial charge in [-0.05, 0) is 50.7 Å². The lowest BCUT2D eigenvalue weighted by molar-refractivity contribution is -0.135. The van der Waals surface area contributed by atoms with Crippen LogP contribution in [0.2, 0.25) is 0 Å². The molecular weight excluding hydrogens is 290 g/mol. The van der Waals surface area contributed by atoms with Gasteiger partial charge in [0, 0.05) is 25.7 Å². The number of aryl methyl sites for hydroxylation is 3. The molecule has 6 nitrogen and oxygen atoms in total. The summed E-state index contributed by atoms with van der Waals surface area (Å²) in [5.41, 5.74) is 4.53. The minimum atomic E-state index is 0.147. The van der Waals surface area contributed by atoms with Crippen molar-refractivity contribution >= 4 is 5.91 Å². The van der Waals surface area contributed by atoms with Crippen molar-refractivity contribution < 1.29 is 4.79 Å². The molecule has 1 aliphatic rings. The van der Waals surface area contributed by atoms with Crippen molar-refractivity contribution in [1.29, 1.82) is 0 Å². The monoisotopic (exact) mass is 315 g/mol. The minimum absolute atomic E-state index is 0.147. The molecular formula is C17H25N5O. The van der Waals surface area contributed by atoms with Crippen LogP contribution in [0.4, 0.5) is 0 Å². The molecule has 2 aromatic heterocycles. The van der Waals surface area contributed by atoms with E-state index in [1.165, 1.54) is 0 Å². The van der Waals surface area contributed by atoms with Crippen LogP contribution in [0.3, 0.4) is 0 Å². The summed E-state index contributed by atoms with van der Waals surface area (Å²) in [7, 11) is 1.93. The fourth-order valence-corrected chi connectivity index (χ4v) is 3.40. The molecule has 0 spiro atoms. The number of amides is 1. The number of aromatic nitrogens is 4. The zero-order valence-electron chi connectivity index (χ0n) is 14.2. The van der Waals surface area contributed by atoms with Crippen molar-refractivity contribution in [3.8, 4) is 0 Å². The number of hydrogen-bond acceptors (Lipinski definition) is 3. The molecule has 0 unspecified atom stereocenters. The quantitative estimate of drug-likeness (QED) is 0.942. The SMILES string of the molecule is Cc1cn[nH]c1[C@H]1CCCCN1C(=O)CCc1cnn(C)c1C. The molecule has 0 saturated carbocycles. The highest BCUT2D eigenvalue weighted by molar-refractivity contribution is 5.77. The van der Waals surface area contributed by atoms with Gasteiger partial charge >= 0.3 is 0 Å². The van der Waals surface area contributed by atoms with Crippen LogP contribution in [-0.4, -0.2) is 37.3 Å². The Labute approximate surface area is 136 Å². The minimum Gasteiger partial charge on any atom is -0.334 e. The van der Waals surface area contributed by atoms with Gasteiger partial charge in [0.25, 0.3) is 0 Å². The Morgan fingerprint density at radius 1 is 1.35 bits per heavy atom. The predicted molar refractivity (Wildman–Crippen MR) is 87.9 cm³/mol. The van der Waals surface area contributed by atoms with Crippen molar-refractivity contribution in [3.63, 3.8) is 0 Å². The molecule has 1 saturated heterocycles. The van der Waals surface area contributed by atoms with Gasteiger partial charge in [-0.1, -0.05) is 0 Å². The van der Waals surface area contributed by atoms with E-state index in [1.54, 1.807) is 0 Å². The molecule has 3 rings (SSSR count). The maximum atomic E-state index is 12.8. The highest BCUT2D eigenvalue weighted by Crippen LogP contribution is 2.32. The topological polar surface area (TPSA) is 66.8 Å². The van der Waals surface area contributed by atoms with Crippen LogP contribution in [-0.2, 0) is 18.3 Å². The number of H-pyrrole nitrogens is 1. The van der Waals surface area contributed by atoms with E-state index < -0.39 is 0 Å². The molecule has 1 amide bonds. The number of nitrogens with zero attached hydrogens (tertiary/aromatic N) is 4. The van der Waals surface area contributed by atoms with Crippen molar-refractivity contribution in [3.05, 3.63) is 34.9 Å². The Morgan fingerprint density at radius 2 is 2.17 bits per heavy atom. The zero-order chi connectivity index (χ0) is 16.4. The lowest BCUT2D eigenvalue weighted by Crippen LogP contribution is -2.39. The fraction of sp³-hybridized carbons (Fsp3) is 0.588. The lowest BCUT2D eigenvalue weighted by atomic mass is 9.96. The smallest absolute Gasteiger partial charge is 0.223 e. The largest absolute Gasteiger partial charge is 0.334 e. The molecule has 1 aliphatic heterocycles. The van der Waals surface area contributed by atoms with Crippen LogP contribution in [0, 0.1) is 13.8 Å². The summed E-state index contributed by atoms with van der Waals surface area (Å²) in [4.78, 5) is 14.8. The predicted octanol–water partition coefficient (Wildman–Crippen LogP) is 2.45. The van der Waals surface area contributed by atoms with Gasteiger partial charge in [0.15, 0.2) is 0 Å². The molecule has 23 heavy (non-hydrogen) atoms. The summed E-state index contributed by atoms with van der Waals surface area (Å²) in [6, 6.07) is 0.147. The summed E-state index contributed by atoms with van der Waals surface area (Å²) in [5, 5.41) is 11.5. The van der Waals surface area contributed by atoms with Gasteiger partial charge in [-0.25, -0.2) is 0 Å². The second-order valence-corrected chi connectivity index (χ2v) is 6.44. The first-order chi connectivity index (χ1) is 11.1. The summed E-state index contributed by atoms with van der Waals surface area (Å²) in [5.74, 6) is 0.229. The Morgan fingerprint density at radius 3 is 2.83 bits per heavy atom. The third kappa shape index (κ3) is 3.16. The Kier molecular flexibility index (Phi) is 4.50. The van der Waals surface area contributed by atoms with Crippen LogP contribution in [0.25, 0.3) is 0 Å². The Balaban J connectivity index is 1.69. The Hall–Kier alpha value is -2.11. The van der Waals surface area contributed by atoms with E-state index in [0.29, 0.717) is 6.42 Å². The highest BCUT2D eigenvalue weighted by atomic mass is 16.2. The van der Waals surface area contributed by atoms with Gasteiger partial charge in [-0.2, -0.15) is 10.2 Å². The lowest BCUT2D eigenvalue weighted by Gasteiger charge is -2.35. The van der Waals surface area contributed by atoms with E-state index in [1.807, 2.05) is 35.9 Å². The van der Waals surface area contributed by atoms with Gasteiger partial charge < -0.3 is 4.90 Å². The third-order valence-electron chi connectivity index (χ3n) is 4.97. The van der Waals surface area contributed by atoms with Gasteiger partial charge in [0.05, 0.1) is 24.1 Å². The highest BCUT2D eigenvalue weighted by Gasteiger charge is 2.29. The van der Waals surface area contributed by atoms with Crippen molar-refractivity contribution in [2.75, 3.05) is 6.54 Å². The van der Waals surface area contributed by atoms with Crippen LogP contribution in [0.1, 0.15) is 54.2 Å². The fourth-order valence-electron chi connectivity index (χ4n) is 3.40. The van der Waals surface area contributed by atoms with Crippen molar-refractivity contribution in [2.24, 2.45) is 7.05 Å². The zero-order valence-corrected chi connectivity index (χ0v) is 14.2. The summed E-state index contributed by atoms with van der Waals surface area (Å²) in [6.45, 7) is 4.94. The number of piperidine rings is 1. The standard InChI is InChI=1S/C17H25N5O/c1-12-10-18-20-17(12)15-6-4-5-9-22(15)16(23)8-7-14-11-19-21(3)13(14)2/h10-11,15H,4-9H2,1-3H3,(H,18,20)/t15-/m1/s1. The molecule has 124 valence electrons. The third-order valence-corrected chi connectivity index (χ3v) is 4.97. The molecule has 0 aliphatic carbocycles. The number of likely N-dealkylation sites (tertiary alicyclic amines) is 1. The second kappa shape index (κ2) is 6.56. The molecule has 0 radical (unpaired) electrons. The van der Waals surface area contributed by atoms with Gasteiger partial charge in [0.1, 0.15) is 0 Å². The summed E-state index contributed by atoms with van der Waals surface area (Å²) in [6.07, 6.45) is 8.26. The Bertz CT molecular complexity index is 687. The summed E-state index contributed by atoms with van der Waals surface area (Å²) >= 11 is 0. The molecule has 1 N–H and O–H groups in total. The average Bonchev–Trinajstić information content (AvgIpc) is 3.12. The maximum absolute atomic E-state index is 12.8. The molecule has 3 heterocycles. The molecule has 2 aromatic rings. The number of hydrogen-bond donors (Lipinski definition) is 1. The molecule has 1 fully saturated rings. The van der Waals surface area contributed by atoms with Crippen molar-refractivity contribution in [2.45, 2.75) is 52.0 Å². The van der Waals surface area contributed by atoms with Crippen LogP contribution < -0.4 is 0 Å². The normalized spacial score (nSPS) is 18.4. The van der Waals surface area contributed by atoms with Crippen LogP contribution in [0.15, 0.2) is 12.4 Å². The molecule has 6 heteroatoms. The molecule has 0 aromatic carbocycles. The van der Waals surface area contributed by atoms with E-state index in [2.05, 4.69) is 22.2 Å². The number of rotatable bonds is 4. The van der Waals surface area contributed by atoms with Gasteiger partial charge in [-0.3, -0.25) is 14.6 Å². The maximum Gasteiger partial charge on any atom is 0.223 e. The first-order valence-corrected chi connectivity index (χ1v) is 8.34. The van der Waals surface area contributed by atoms with E-state index >= 15 is 0 Å². The van der Waals surface area contributed by atoms with E-state index in [4.69, 9.17) is 0 Å². The molecule has 1 atom stereocenters. The molecule has 0 bridgehead atoms. The van der Waals surface area contributed by atoms with E-state index in [0.717, 1.165) is 54.7 Å². The van der Waals surface area contributed by atoms with E-state index in [9.17, 15) is 4.79 Å². The van der Waals surface area contributed by atoms with Crippen molar-refractivity contribution in [1.82, 2.24) is 24.9 Å². The van der Waals surface area contributed by atoms with Gasteiger partial charge in [0.2, 0.25) is 5.91 Å². The second-order valence-electron chi connectivity index (χ2n) is 6.44. The van der Waals surface area contributed by atoms with Crippen LogP contribution in [0.5, 0.6) is 0 Å². The van der Waals surface area contributed by atoms with E-state index in [-0.39, 0.29) is 11.9 Å². The number of nitrogens with one attached hydrogen (secondary N) is 1.